The molecule has 7 nitrogen and oxygen atoms in total. The Kier molecular flexibility index (Phi) is 15.7. The van der Waals surface area contributed by atoms with Crippen molar-refractivity contribution in [2.24, 2.45) is 0 Å². The van der Waals surface area contributed by atoms with Crippen LogP contribution in [0.25, 0.3) is 0 Å². The third-order valence-corrected chi connectivity index (χ3v) is 7.18. The zero-order valence-corrected chi connectivity index (χ0v) is 23.4. The molecule has 0 unspecified atom stereocenters. The number of hydrogen-bond donors (Lipinski definition) is 0. The second-order valence-electron chi connectivity index (χ2n) is 9.60. The number of carbonyl (C=O) groups excluding carboxylic acids is 2. The van der Waals surface area contributed by atoms with Crippen LogP contribution in [0, 0.1) is 0 Å². The van der Waals surface area contributed by atoms with Gasteiger partial charge < -0.3 is 24.3 Å². The molecule has 0 spiro atoms. The molecule has 0 aromatic heterocycles. The highest BCUT2D eigenvalue weighted by Gasteiger charge is 2.36. The summed E-state index contributed by atoms with van der Waals surface area (Å²) in [5.41, 5.74) is 0. The number of rotatable bonds is 9. The molecule has 2 amide bonds. The van der Waals surface area contributed by atoms with Gasteiger partial charge in [-0.25, -0.2) is 0 Å². The average molecular weight is 483 g/mol. The maximum atomic E-state index is 11.6. The van der Waals surface area contributed by atoms with Gasteiger partial charge >= 0.3 is 0 Å². The molecule has 0 radical (unpaired) electrons. The molecule has 0 atom stereocenters. The normalized spacial score (nSPS) is 20.0. The van der Waals surface area contributed by atoms with Gasteiger partial charge in [0.25, 0.3) is 0 Å². The molecule has 7 heteroatoms. The summed E-state index contributed by atoms with van der Waals surface area (Å²) in [5, 5.41) is 0. The lowest BCUT2D eigenvalue weighted by Crippen LogP contribution is -2.47. The number of methoxy groups -OCH3 is 1. The van der Waals surface area contributed by atoms with Crippen molar-refractivity contribution >= 4 is 11.8 Å². The minimum absolute atomic E-state index is 0.173. The van der Waals surface area contributed by atoms with E-state index in [-0.39, 0.29) is 11.8 Å². The number of nitrogens with zero attached hydrogens (tertiary/aromatic N) is 4. The van der Waals surface area contributed by atoms with Crippen LogP contribution in [0.4, 0.5) is 0 Å². The largest absolute Gasteiger partial charge is 0.383 e. The Morgan fingerprint density at radius 2 is 1.29 bits per heavy atom. The topological polar surface area (TPSA) is 56.3 Å². The first-order chi connectivity index (χ1) is 16.4. The van der Waals surface area contributed by atoms with Crippen molar-refractivity contribution in [1.29, 1.82) is 0 Å². The van der Waals surface area contributed by atoms with E-state index >= 15 is 0 Å². The van der Waals surface area contributed by atoms with Gasteiger partial charge in [-0.2, -0.15) is 0 Å². The van der Waals surface area contributed by atoms with Gasteiger partial charge in [0.1, 0.15) is 0 Å². The first-order valence-electron chi connectivity index (χ1n) is 13.9. The third-order valence-electron chi connectivity index (χ3n) is 7.18. The maximum Gasteiger partial charge on any atom is 0.219 e. The molecular weight excluding hydrogens is 428 g/mol. The van der Waals surface area contributed by atoms with Crippen LogP contribution in [0.5, 0.6) is 0 Å². The van der Waals surface area contributed by atoms with Crippen molar-refractivity contribution in [3.8, 4) is 0 Å². The minimum Gasteiger partial charge on any atom is -0.383 e. The van der Waals surface area contributed by atoms with Crippen LogP contribution in [-0.4, -0.2) is 109 Å². The van der Waals surface area contributed by atoms with E-state index in [1.54, 1.807) is 21.0 Å². The highest BCUT2D eigenvalue weighted by molar-refractivity contribution is 5.74. The Labute approximate surface area is 210 Å². The van der Waals surface area contributed by atoms with Gasteiger partial charge in [0.2, 0.25) is 11.8 Å². The fourth-order valence-corrected chi connectivity index (χ4v) is 5.24. The van der Waals surface area contributed by atoms with Gasteiger partial charge in [-0.15, -0.1) is 0 Å². The van der Waals surface area contributed by atoms with Crippen molar-refractivity contribution in [3.63, 3.8) is 0 Å². The van der Waals surface area contributed by atoms with Crippen molar-refractivity contribution in [2.75, 3.05) is 59.5 Å². The van der Waals surface area contributed by atoms with Crippen molar-refractivity contribution in [1.82, 2.24) is 19.6 Å². The quantitative estimate of drug-likeness (QED) is 0.499. The number of carbonyl (C=O) groups is 2. The highest BCUT2D eigenvalue weighted by Crippen LogP contribution is 2.31. The van der Waals surface area contributed by atoms with Crippen LogP contribution >= 0.6 is 0 Å². The van der Waals surface area contributed by atoms with Gasteiger partial charge in [0, 0.05) is 71.8 Å². The average Bonchev–Trinajstić information content (AvgIpc) is 3.67. The summed E-state index contributed by atoms with van der Waals surface area (Å²) in [5.74, 6) is 0.462. The lowest BCUT2D eigenvalue weighted by atomic mass is 10.0. The molecule has 0 N–H and O–H groups in total. The maximum absolute atomic E-state index is 11.6. The molecule has 200 valence electrons. The summed E-state index contributed by atoms with van der Waals surface area (Å²) in [4.78, 5) is 32.3. The van der Waals surface area contributed by atoms with Crippen LogP contribution in [0.3, 0.4) is 0 Å². The molecule has 2 saturated heterocycles. The van der Waals surface area contributed by atoms with Gasteiger partial charge in [0.05, 0.1) is 6.61 Å². The number of hydrogen-bond acceptors (Lipinski definition) is 5. The predicted octanol–water partition coefficient (Wildman–Crippen LogP) is 3.86. The molecule has 3 fully saturated rings. The summed E-state index contributed by atoms with van der Waals surface area (Å²) < 4.78 is 5.05. The van der Waals surface area contributed by atoms with Crippen molar-refractivity contribution in [3.05, 3.63) is 0 Å². The number of piperidine rings is 2. The Balaban J connectivity index is 0.000000317. The SMILES string of the molecule is CC.CCCN1CCC(N(C(C)=O)C2CC2)CC1.CCN1CCC(N(CCOC)C(C)=O)CC1. The molecule has 0 aromatic rings. The predicted molar refractivity (Wildman–Crippen MR) is 141 cm³/mol. The molecule has 0 bridgehead atoms. The first-order valence-corrected chi connectivity index (χ1v) is 13.9. The Morgan fingerprint density at radius 3 is 1.71 bits per heavy atom. The fraction of sp³-hybridized carbons (Fsp3) is 0.926. The standard InChI is InChI=1S/C13H24N2O.C12H24N2O2.C2H6/c1-3-8-14-9-6-13(7-10-14)15(11(2)16)12-4-5-12;1-4-13-7-5-12(6-8-13)14(11(2)15)9-10-16-3;1-2/h12-13H,3-10H2,1-2H3;12H,4-10H2,1-3H3;1-2H3. The van der Waals surface area contributed by atoms with Crippen LogP contribution in [-0.2, 0) is 14.3 Å². The van der Waals surface area contributed by atoms with Gasteiger partial charge in [-0.1, -0.05) is 27.7 Å². The number of amides is 2. The van der Waals surface area contributed by atoms with E-state index in [0.29, 0.717) is 24.7 Å². The highest BCUT2D eigenvalue weighted by atomic mass is 16.5. The molecule has 3 aliphatic rings. The van der Waals surface area contributed by atoms with Gasteiger partial charge in [0.15, 0.2) is 0 Å². The summed E-state index contributed by atoms with van der Waals surface area (Å²) >= 11 is 0. The first kappa shape index (κ1) is 30.9. The summed E-state index contributed by atoms with van der Waals surface area (Å²) in [6, 6.07) is 1.52. The second-order valence-corrected chi connectivity index (χ2v) is 9.60. The lowest BCUT2D eigenvalue weighted by Gasteiger charge is -2.38. The van der Waals surface area contributed by atoms with Crippen LogP contribution in [0.15, 0.2) is 0 Å². The Bertz CT molecular complexity index is 554. The molecule has 1 aliphatic carbocycles. The van der Waals surface area contributed by atoms with Gasteiger partial charge in [-0.05, 0) is 58.0 Å². The number of likely N-dealkylation sites (tertiary alicyclic amines) is 2. The zero-order chi connectivity index (χ0) is 25.5. The molecule has 3 rings (SSSR count). The monoisotopic (exact) mass is 482 g/mol. The molecule has 34 heavy (non-hydrogen) atoms. The Morgan fingerprint density at radius 1 is 0.794 bits per heavy atom. The lowest BCUT2D eigenvalue weighted by molar-refractivity contribution is -0.133. The van der Waals surface area contributed by atoms with E-state index in [2.05, 4.69) is 28.5 Å². The van der Waals surface area contributed by atoms with Crippen molar-refractivity contribution in [2.45, 2.75) is 105 Å². The smallest absolute Gasteiger partial charge is 0.219 e. The Hall–Kier alpha value is -1.18. The van der Waals surface area contributed by atoms with Crippen LogP contribution in [0.1, 0.15) is 86.5 Å². The second kappa shape index (κ2) is 17.3. The molecule has 2 aliphatic heterocycles. The van der Waals surface area contributed by atoms with Gasteiger partial charge in [-0.3, -0.25) is 9.59 Å². The summed E-state index contributed by atoms with van der Waals surface area (Å²) in [6.45, 7) is 20.1. The van der Waals surface area contributed by atoms with E-state index in [1.807, 2.05) is 18.7 Å². The molecule has 2 heterocycles. The third kappa shape index (κ3) is 10.6. The van der Waals surface area contributed by atoms with Crippen molar-refractivity contribution < 1.29 is 14.3 Å². The summed E-state index contributed by atoms with van der Waals surface area (Å²) in [7, 11) is 1.68. The van der Waals surface area contributed by atoms with E-state index in [1.165, 1.54) is 51.7 Å². The van der Waals surface area contributed by atoms with E-state index < -0.39 is 0 Å². The van der Waals surface area contributed by atoms with E-state index in [0.717, 1.165) is 39.0 Å². The van der Waals surface area contributed by atoms with Crippen LogP contribution < -0.4 is 0 Å². The molecular formula is C27H54N4O3. The number of ether oxygens (including phenoxy) is 1. The van der Waals surface area contributed by atoms with Crippen LogP contribution in [0.2, 0.25) is 0 Å². The zero-order valence-electron chi connectivity index (χ0n) is 23.4. The molecule has 0 aromatic carbocycles. The fourth-order valence-electron chi connectivity index (χ4n) is 5.24. The van der Waals surface area contributed by atoms with E-state index in [9.17, 15) is 9.59 Å². The van der Waals surface area contributed by atoms with E-state index in [4.69, 9.17) is 4.74 Å². The molecule has 1 saturated carbocycles. The summed E-state index contributed by atoms with van der Waals surface area (Å²) in [6.07, 6.45) is 8.24. The minimum atomic E-state index is 0.173.